The van der Waals surface area contributed by atoms with Gasteiger partial charge in [0.1, 0.15) is 5.57 Å². The molecule has 0 unspecified atom stereocenters. The predicted molar refractivity (Wildman–Crippen MR) is 106 cm³/mol. The van der Waals surface area contributed by atoms with Crippen molar-refractivity contribution in [3.63, 3.8) is 0 Å². The fourth-order valence-corrected chi connectivity index (χ4v) is 2.70. The standard InChI is InChI=1S/C21H17ClF3NO4/c1-3-30-20(29)17(19(28)21(23,24)25)12(2)26-16-10-9-14(22)11-15(16)18(27)13-7-5-4-6-8-13/h4-11,28H,3H2,1-2H3/b19-17+,26-12?. The Balaban J connectivity index is 2.63. The normalized spacial score (nSPS) is 12.9. The van der Waals surface area contributed by atoms with E-state index in [4.69, 9.17) is 11.6 Å². The largest absolute Gasteiger partial charge is 0.504 e. The number of allylic oxidation sites excluding steroid dienone is 1. The van der Waals surface area contributed by atoms with Gasteiger partial charge < -0.3 is 9.84 Å². The lowest BCUT2D eigenvalue weighted by atomic mass is 10.0. The van der Waals surface area contributed by atoms with E-state index in [1.165, 1.54) is 25.1 Å². The molecule has 158 valence electrons. The molecule has 0 aliphatic heterocycles. The van der Waals surface area contributed by atoms with Gasteiger partial charge in [0.2, 0.25) is 5.76 Å². The van der Waals surface area contributed by atoms with E-state index < -0.39 is 35.0 Å². The highest BCUT2D eigenvalue weighted by molar-refractivity contribution is 6.31. The van der Waals surface area contributed by atoms with Gasteiger partial charge in [0.15, 0.2) is 5.78 Å². The molecule has 5 nitrogen and oxygen atoms in total. The highest BCUT2D eigenvalue weighted by Gasteiger charge is 2.40. The van der Waals surface area contributed by atoms with Crippen LogP contribution < -0.4 is 0 Å². The second kappa shape index (κ2) is 9.58. The van der Waals surface area contributed by atoms with E-state index >= 15 is 0 Å². The molecule has 2 rings (SSSR count). The van der Waals surface area contributed by atoms with Crippen molar-refractivity contribution in [2.45, 2.75) is 20.0 Å². The van der Waals surface area contributed by atoms with Crippen LogP contribution in [0.2, 0.25) is 5.02 Å². The molecule has 2 aromatic carbocycles. The fraction of sp³-hybridized carbons (Fsp3) is 0.190. The molecular weight excluding hydrogens is 423 g/mol. The second-order valence-corrected chi connectivity index (χ2v) is 6.43. The van der Waals surface area contributed by atoms with Crippen molar-refractivity contribution in [3.8, 4) is 0 Å². The third-order valence-corrected chi connectivity index (χ3v) is 4.11. The van der Waals surface area contributed by atoms with Gasteiger partial charge in [-0.1, -0.05) is 41.9 Å². The minimum Gasteiger partial charge on any atom is -0.504 e. The first-order valence-electron chi connectivity index (χ1n) is 8.68. The lowest BCUT2D eigenvalue weighted by Gasteiger charge is -2.13. The number of nitrogens with zero attached hydrogens (tertiary/aromatic N) is 1. The molecule has 0 spiro atoms. The number of esters is 1. The summed E-state index contributed by atoms with van der Waals surface area (Å²) in [5.74, 6) is -3.99. The molecule has 2 aromatic rings. The Morgan fingerprint density at radius 2 is 1.77 bits per heavy atom. The van der Waals surface area contributed by atoms with Crippen LogP contribution in [0.4, 0.5) is 18.9 Å². The van der Waals surface area contributed by atoms with Gasteiger partial charge in [-0.15, -0.1) is 0 Å². The molecule has 0 radical (unpaired) electrons. The minimum atomic E-state index is -5.19. The lowest BCUT2D eigenvalue weighted by molar-refractivity contribution is -0.141. The van der Waals surface area contributed by atoms with Gasteiger partial charge in [-0.2, -0.15) is 13.2 Å². The van der Waals surface area contributed by atoms with Gasteiger partial charge in [-0.25, -0.2) is 4.79 Å². The van der Waals surface area contributed by atoms with E-state index in [0.29, 0.717) is 5.56 Å². The number of halogens is 4. The molecule has 0 amide bonds. The average Bonchev–Trinajstić information content (AvgIpc) is 2.69. The molecule has 1 N–H and O–H groups in total. The Labute approximate surface area is 175 Å². The van der Waals surface area contributed by atoms with Gasteiger partial charge >= 0.3 is 12.1 Å². The average molecular weight is 440 g/mol. The van der Waals surface area contributed by atoms with Crippen molar-refractivity contribution in [1.29, 1.82) is 0 Å². The quantitative estimate of drug-likeness (QED) is 0.209. The molecule has 0 bridgehead atoms. The first-order chi connectivity index (χ1) is 14.1. The molecule has 0 aromatic heterocycles. The van der Waals surface area contributed by atoms with Crippen LogP contribution >= 0.6 is 11.6 Å². The number of ether oxygens (including phenoxy) is 1. The first kappa shape index (κ1) is 23.2. The van der Waals surface area contributed by atoms with Crippen LogP contribution in [0.3, 0.4) is 0 Å². The molecule has 0 saturated heterocycles. The molecule has 0 aliphatic carbocycles. The van der Waals surface area contributed by atoms with E-state index in [0.717, 1.165) is 6.92 Å². The summed E-state index contributed by atoms with van der Waals surface area (Å²) in [4.78, 5) is 28.9. The third-order valence-electron chi connectivity index (χ3n) is 3.87. The number of hydrogen-bond donors (Lipinski definition) is 1. The van der Waals surface area contributed by atoms with E-state index in [1.807, 2.05) is 0 Å². The van der Waals surface area contributed by atoms with Gasteiger partial charge in [-0.05, 0) is 32.0 Å². The maximum Gasteiger partial charge on any atom is 0.449 e. The smallest absolute Gasteiger partial charge is 0.449 e. The van der Waals surface area contributed by atoms with Crippen molar-refractivity contribution in [1.82, 2.24) is 0 Å². The van der Waals surface area contributed by atoms with Crippen LogP contribution in [0.5, 0.6) is 0 Å². The van der Waals surface area contributed by atoms with Crippen molar-refractivity contribution in [2.24, 2.45) is 4.99 Å². The number of ketones is 1. The highest BCUT2D eigenvalue weighted by atomic mass is 35.5. The zero-order chi connectivity index (χ0) is 22.5. The molecule has 0 fully saturated rings. The number of hydrogen-bond acceptors (Lipinski definition) is 5. The van der Waals surface area contributed by atoms with Crippen LogP contribution in [0.1, 0.15) is 29.8 Å². The molecule has 30 heavy (non-hydrogen) atoms. The molecule has 0 aliphatic rings. The Bertz CT molecular complexity index is 1010. The number of benzene rings is 2. The van der Waals surface area contributed by atoms with E-state index in [2.05, 4.69) is 9.73 Å². The maximum atomic E-state index is 13.0. The maximum absolute atomic E-state index is 13.0. The van der Waals surface area contributed by atoms with Gasteiger partial charge in [0.05, 0.1) is 18.0 Å². The van der Waals surface area contributed by atoms with Crippen molar-refractivity contribution >= 4 is 34.8 Å². The van der Waals surface area contributed by atoms with Crippen LogP contribution in [-0.2, 0) is 9.53 Å². The minimum absolute atomic E-state index is 0.0164. The molecule has 0 atom stereocenters. The van der Waals surface area contributed by atoms with Crippen molar-refractivity contribution in [2.75, 3.05) is 6.61 Å². The van der Waals surface area contributed by atoms with E-state index in [-0.39, 0.29) is 22.9 Å². The van der Waals surface area contributed by atoms with Gasteiger partial charge in [0.25, 0.3) is 0 Å². The van der Waals surface area contributed by atoms with Crippen LogP contribution in [0, 0.1) is 0 Å². The van der Waals surface area contributed by atoms with Gasteiger partial charge in [-0.3, -0.25) is 9.79 Å². The summed E-state index contributed by atoms with van der Waals surface area (Å²) < 4.78 is 43.7. The number of alkyl halides is 3. The highest BCUT2D eigenvalue weighted by Crippen LogP contribution is 2.30. The van der Waals surface area contributed by atoms with Gasteiger partial charge in [0, 0.05) is 16.1 Å². The zero-order valence-electron chi connectivity index (χ0n) is 16.0. The first-order valence-corrected chi connectivity index (χ1v) is 9.06. The van der Waals surface area contributed by atoms with Crippen molar-refractivity contribution < 1.29 is 32.6 Å². The molecular formula is C21H17ClF3NO4. The molecule has 0 saturated carbocycles. The Morgan fingerprint density at radius 1 is 1.13 bits per heavy atom. The summed E-state index contributed by atoms with van der Waals surface area (Å²) in [6, 6.07) is 12.2. The SMILES string of the molecule is CCOC(=O)/C(C(C)=Nc1ccc(Cl)cc1C(=O)c1ccccc1)=C(/O)C(F)(F)F. The monoisotopic (exact) mass is 439 g/mol. The number of carbonyl (C=O) groups is 2. The Kier molecular flexibility index (Phi) is 7.39. The Hall–Kier alpha value is -3.13. The van der Waals surface area contributed by atoms with Crippen molar-refractivity contribution in [3.05, 3.63) is 76.0 Å². The summed E-state index contributed by atoms with van der Waals surface area (Å²) in [5.41, 5.74) is -1.32. The summed E-state index contributed by atoms with van der Waals surface area (Å²) >= 11 is 5.98. The molecule has 9 heteroatoms. The number of aliphatic imine (C=N–C) groups is 1. The third kappa shape index (κ3) is 5.48. The van der Waals surface area contributed by atoms with Crippen LogP contribution in [0.15, 0.2) is 64.9 Å². The predicted octanol–water partition coefficient (Wildman–Crippen LogP) is 5.60. The second-order valence-electron chi connectivity index (χ2n) is 6.00. The number of aliphatic hydroxyl groups excluding tert-OH is 1. The number of rotatable bonds is 6. The summed E-state index contributed by atoms with van der Waals surface area (Å²) in [6.45, 7) is 2.29. The van der Waals surface area contributed by atoms with Crippen LogP contribution in [0.25, 0.3) is 0 Å². The number of aliphatic hydroxyl groups is 1. The van der Waals surface area contributed by atoms with E-state index in [9.17, 15) is 27.9 Å². The topological polar surface area (TPSA) is 76.0 Å². The Morgan fingerprint density at radius 3 is 2.33 bits per heavy atom. The zero-order valence-corrected chi connectivity index (χ0v) is 16.7. The summed E-state index contributed by atoms with van der Waals surface area (Å²) in [6.07, 6.45) is -5.19. The number of carbonyl (C=O) groups excluding carboxylic acids is 2. The van der Waals surface area contributed by atoms with Crippen LogP contribution in [-0.4, -0.2) is 35.4 Å². The molecule has 0 heterocycles. The fourth-order valence-electron chi connectivity index (χ4n) is 2.53. The summed E-state index contributed by atoms with van der Waals surface area (Å²) in [7, 11) is 0. The lowest BCUT2D eigenvalue weighted by Crippen LogP contribution is -2.23. The van der Waals surface area contributed by atoms with E-state index in [1.54, 1.807) is 30.3 Å². The summed E-state index contributed by atoms with van der Waals surface area (Å²) in [5, 5.41) is 9.79.